The third-order valence-corrected chi connectivity index (χ3v) is 4.78. The quantitative estimate of drug-likeness (QED) is 0.847. The first-order chi connectivity index (χ1) is 10.1. The highest BCUT2D eigenvalue weighted by molar-refractivity contribution is 5.79. The summed E-state index contributed by atoms with van der Waals surface area (Å²) in [6, 6.07) is 0.476. The molecular formula is C17H32N2O2. The normalized spacial score (nSPS) is 28.1. The Bertz CT molecular complexity index is 325. The van der Waals surface area contributed by atoms with E-state index < -0.39 is 0 Å². The summed E-state index contributed by atoms with van der Waals surface area (Å²) in [5, 5.41) is 3.42. The van der Waals surface area contributed by atoms with Crippen LogP contribution in [0.25, 0.3) is 0 Å². The zero-order valence-corrected chi connectivity index (χ0v) is 13.9. The maximum atomic E-state index is 12.6. The molecule has 2 saturated heterocycles. The van der Waals surface area contributed by atoms with E-state index in [1.807, 2.05) is 0 Å². The van der Waals surface area contributed by atoms with Crippen molar-refractivity contribution in [3.05, 3.63) is 0 Å². The van der Waals surface area contributed by atoms with Crippen molar-refractivity contribution in [3.63, 3.8) is 0 Å². The largest absolute Gasteiger partial charge is 0.378 e. The van der Waals surface area contributed by atoms with E-state index in [4.69, 9.17) is 4.74 Å². The summed E-state index contributed by atoms with van der Waals surface area (Å²) in [7, 11) is 0. The number of carbonyl (C=O) groups is 1. The van der Waals surface area contributed by atoms with Crippen molar-refractivity contribution >= 4 is 5.91 Å². The van der Waals surface area contributed by atoms with Gasteiger partial charge in [0.1, 0.15) is 0 Å². The third kappa shape index (κ3) is 5.26. The minimum atomic E-state index is 0.236. The van der Waals surface area contributed by atoms with Crippen molar-refractivity contribution < 1.29 is 9.53 Å². The molecule has 1 amide bonds. The molecule has 0 spiro atoms. The Morgan fingerprint density at radius 2 is 2.00 bits per heavy atom. The van der Waals surface area contributed by atoms with Crippen LogP contribution in [0.3, 0.4) is 0 Å². The molecule has 0 unspecified atom stereocenters. The molecule has 2 heterocycles. The van der Waals surface area contributed by atoms with Gasteiger partial charge >= 0.3 is 0 Å². The Morgan fingerprint density at radius 3 is 2.62 bits per heavy atom. The summed E-state index contributed by atoms with van der Waals surface area (Å²) in [5.74, 6) is 1.32. The molecule has 2 aliphatic heterocycles. The molecular weight excluding hydrogens is 264 g/mol. The molecule has 2 fully saturated rings. The number of nitrogens with one attached hydrogen (secondary N) is 1. The third-order valence-electron chi connectivity index (χ3n) is 4.78. The van der Waals surface area contributed by atoms with Crippen LogP contribution in [0.5, 0.6) is 0 Å². The average Bonchev–Trinajstić information content (AvgIpc) is 2.47. The smallest absolute Gasteiger partial charge is 0.225 e. The fraction of sp³-hybridized carbons (Fsp3) is 0.941. The van der Waals surface area contributed by atoms with Crippen LogP contribution >= 0.6 is 0 Å². The molecule has 122 valence electrons. The Morgan fingerprint density at radius 1 is 1.29 bits per heavy atom. The van der Waals surface area contributed by atoms with Crippen molar-refractivity contribution in [2.24, 2.45) is 11.8 Å². The van der Waals surface area contributed by atoms with E-state index in [2.05, 4.69) is 31.0 Å². The van der Waals surface area contributed by atoms with Gasteiger partial charge in [-0.05, 0) is 51.5 Å². The minimum Gasteiger partial charge on any atom is -0.378 e. The molecule has 2 atom stereocenters. The summed E-state index contributed by atoms with van der Waals surface area (Å²) in [5.41, 5.74) is 0. The number of amides is 1. The first-order valence-electron chi connectivity index (χ1n) is 8.70. The van der Waals surface area contributed by atoms with Crippen molar-refractivity contribution in [3.8, 4) is 0 Å². The monoisotopic (exact) mass is 296 g/mol. The predicted molar refractivity (Wildman–Crippen MR) is 85.2 cm³/mol. The second kappa shape index (κ2) is 8.14. The summed E-state index contributed by atoms with van der Waals surface area (Å²) in [6.07, 6.45) is 5.48. The Hall–Kier alpha value is -0.610. The molecule has 21 heavy (non-hydrogen) atoms. The van der Waals surface area contributed by atoms with Gasteiger partial charge < -0.3 is 15.0 Å². The van der Waals surface area contributed by atoms with Gasteiger partial charge in [0.15, 0.2) is 0 Å². The summed E-state index contributed by atoms with van der Waals surface area (Å²) in [6.45, 7) is 10.2. The number of hydrogen-bond donors (Lipinski definition) is 1. The topological polar surface area (TPSA) is 41.6 Å². The molecule has 0 aromatic carbocycles. The molecule has 2 aliphatic rings. The molecule has 0 radical (unpaired) electrons. The van der Waals surface area contributed by atoms with Crippen molar-refractivity contribution in [2.45, 2.75) is 65.0 Å². The maximum Gasteiger partial charge on any atom is 0.225 e. The number of nitrogens with zero attached hydrogens (tertiary/aromatic N) is 1. The van der Waals surface area contributed by atoms with Crippen LogP contribution in [0.15, 0.2) is 0 Å². The molecule has 0 aromatic heterocycles. The van der Waals surface area contributed by atoms with Crippen molar-refractivity contribution in [2.75, 3.05) is 26.2 Å². The van der Waals surface area contributed by atoms with Crippen LogP contribution in [-0.4, -0.2) is 49.2 Å². The van der Waals surface area contributed by atoms with Crippen LogP contribution in [0.1, 0.15) is 52.9 Å². The summed E-state index contributed by atoms with van der Waals surface area (Å²) < 4.78 is 5.94. The number of hydrogen-bond acceptors (Lipinski definition) is 3. The number of rotatable bonds is 5. The Balaban J connectivity index is 1.69. The van der Waals surface area contributed by atoms with Gasteiger partial charge in [-0.1, -0.05) is 13.8 Å². The zero-order chi connectivity index (χ0) is 15.2. The fourth-order valence-corrected chi connectivity index (χ4v) is 3.33. The number of carbonyl (C=O) groups excluding carboxylic acids is 1. The van der Waals surface area contributed by atoms with Crippen molar-refractivity contribution in [1.29, 1.82) is 0 Å². The lowest BCUT2D eigenvalue weighted by Crippen LogP contribution is -2.47. The highest BCUT2D eigenvalue weighted by Crippen LogP contribution is 2.22. The molecule has 2 rings (SSSR count). The van der Waals surface area contributed by atoms with E-state index in [0.29, 0.717) is 24.0 Å². The second-order valence-electron chi connectivity index (χ2n) is 7.15. The van der Waals surface area contributed by atoms with Gasteiger partial charge in [0.2, 0.25) is 5.91 Å². The fourth-order valence-electron chi connectivity index (χ4n) is 3.33. The standard InChI is InChI=1S/C17H32N2O2/c1-13(2)7-11-21-16-5-9-19(10-6-16)17(20)15-4-8-18-14(3)12-15/h13-16,18H,4-12H2,1-3H3/t14-,15-/m0/s1. The van der Waals surface area contributed by atoms with Gasteiger partial charge in [0.25, 0.3) is 0 Å². The van der Waals surface area contributed by atoms with Crippen LogP contribution < -0.4 is 5.32 Å². The van der Waals surface area contributed by atoms with E-state index in [0.717, 1.165) is 58.3 Å². The number of piperidine rings is 2. The SMILES string of the molecule is CC(C)CCOC1CCN(C(=O)[C@H]2CCN[C@@H](C)C2)CC1. The van der Waals surface area contributed by atoms with E-state index in [-0.39, 0.29) is 5.92 Å². The average molecular weight is 296 g/mol. The van der Waals surface area contributed by atoms with Crippen LogP contribution in [0.4, 0.5) is 0 Å². The minimum absolute atomic E-state index is 0.236. The Labute approximate surface area is 129 Å². The first-order valence-corrected chi connectivity index (χ1v) is 8.70. The van der Waals surface area contributed by atoms with E-state index in [1.54, 1.807) is 0 Å². The molecule has 0 bridgehead atoms. The predicted octanol–water partition coefficient (Wildman–Crippen LogP) is 2.43. The van der Waals surface area contributed by atoms with Crippen molar-refractivity contribution in [1.82, 2.24) is 10.2 Å². The number of ether oxygens (including phenoxy) is 1. The summed E-state index contributed by atoms with van der Waals surface area (Å²) in [4.78, 5) is 14.6. The second-order valence-corrected chi connectivity index (χ2v) is 7.15. The van der Waals surface area contributed by atoms with Gasteiger partial charge in [0.05, 0.1) is 6.10 Å². The molecule has 0 aliphatic carbocycles. The highest BCUT2D eigenvalue weighted by Gasteiger charge is 2.30. The highest BCUT2D eigenvalue weighted by atomic mass is 16.5. The van der Waals surface area contributed by atoms with Gasteiger partial charge in [-0.25, -0.2) is 0 Å². The van der Waals surface area contributed by atoms with E-state index in [1.165, 1.54) is 0 Å². The van der Waals surface area contributed by atoms with Crippen LogP contribution in [-0.2, 0) is 9.53 Å². The zero-order valence-electron chi connectivity index (χ0n) is 13.9. The molecule has 0 saturated carbocycles. The summed E-state index contributed by atoms with van der Waals surface area (Å²) >= 11 is 0. The lowest BCUT2D eigenvalue weighted by molar-refractivity contribution is -0.139. The molecule has 0 aromatic rings. The molecule has 4 heteroatoms. The van der Waals surface area contributed by atoms with Gasteiger partial charge in [0, 0.05) is 31.7 Å². The molecule has 1 N–H and O–H groups in total. The van der Waals surface area contributed by atoms with Gasteiger partial charge in [-0.15, -0.1) is 0 Å². The lowest BCUT2D eigenvalue weighted by atomic mass is 9.91. The van der Waals surface area contributed by atoms with Gasteiger partial charge in [-0.3, -0.25) is 4.79 Å². The van der Waals surface area contributed by atoms with Gasteiger partial charge in [-0.2, -0.15) is 0 Å². The van der Waals surface area contributed by atoms with E-state index in [9.17, 15) is 4.79 Å². The lowest BCUT2D eigenvalue weighted by Gasteiger charge is -2.36. The van der Waals surface area contributed by atoms with Crippen LogP contribution in [0, 0.1) is 11.8 Å². The Kier molecular flexibility index (Phi) is 6.49. The van der Waals surface area contributed by atoms with E-state index >= 15 is 0 Å². The number of likely N-dealkylation sites (tertiary alicyclic amines) is 1. The maximum absolute atomic E-state index is 12.6. The molecule has 4 nitrogen and oxygen atoms in total. The van der Waals surface area contributed by atoms with Crippen LogP contribution in [0.2, 0.25) is 0 Å². The first kappa shape index (κ1) is 16.8.